The van der Waals surface area contributed by atoms with Crippen LogP contribution in [0.2, 0.25) is 10.0 Å². The van der Waals surface area contributed by atoms with Gasteiger partial charge < -0.3 is 172 Å². The first-order valence-electron chi connectivity index (χ1n) is 46.1. The van der Waals surface area contributed by atoms with Gasteiger partial charge in [0.1, 0.15) is 108 Å². The molecule has 13 rings (SSSR count). The molecule has 0 radical (unpaired) electrons. The summed E-state index contributed by atoms with van der Waals surface area (Å²) >= 11 is 14.4. The number of likely N-dealkylation sites (N-methyl/N-ethyl adjacent to an activating group) is 1. The van der Waals surface area contributed by atoms with E-state index in [0.717, 1.165) is 105 Å². The summed E-state index contributed by atoms with van der Waals surface area (Å²) < 4.78 is 74.9. The van der Waals surface area contributed by atoms with Gasteiger partial charge in [0.2, 0.25) is 53.4 Å². The summed E-state index contributed by atoms with van der Waals surface area (Å²) in [4.78, 5) is 199. The van der Waals surface area contributed by atoms with E-state index in [1.54, 1.807) is 20.8 Å². The van der Waals surface area contributed by atoms with E-state index in [2.05, 4.69) is 54.8 Å². The monoisotopic (exact) mass is 2080 g/mol. The molecule has 0 aliphatic carbocycles. The second-order valence-electron chi connectivity index (χ2n) is 35.9. The number of hydrogen-bond donors (Lipinski definition) is 24. The Hall–Kier alpha value is -11.3. The van der Waals surface area contributed by atoms with E-state index in [1.807, 2.05) is 0 Å². The third-order valence-corrected chi connectivity index (χ3v) is 29.4. The van der Waals surface area contributed by atoms with Crippen molar-refractivity contribution >= 4 is 104 Å². The van der Waals surface area contributed by atoms with Gasteiger partial charge in [-0.3, -0.25) is 47.5 Å². The van der Waals surface area contributed by atoms with Crippen LogP contribution in [0, 0.1) is 5.92 Å². The van der Waals surface area contributed by atoms with Crippen molar-refractivity contribution in [3.8, 4) is 62.9 Å². The highest BCUT2D eigenvalue weighted by Crippen LogP contribution is 2.62. The quantitative estimate of drug-likeness (QED) is 0.00850. The zero-order chi connectivity index (χ0) is 105. The van der Waals surface area contributed by atoms with E-state index in [1.165, 1.54) is 49.2 Å². The molecule has 7 aliphatic rings. The van der Waals surface area contributed by atoms with E-state index in [9.17, 15) is 109 Å². The molecule has 780 valence electrons. The van der Waals surface area contributed by atoms with Gasteiger partial charge in [-0.2, -0.15) is 0 Å². The zero-order valence-electron chi connectivity index (χ0n) is 78.4. The van der Waals surface area contributed by atoms with Gasteiger partial charge in [0.05, 0.1) is 53.4 Å². The van der Waals surface area contributed by atoms with E-state index >= 15 is 24.0 Å². The summed E-state index contributed by atoms with van der Waals surface area (Å²) in [5.74, 6) is -18.6. The topological polar surface area (TPSA) is 717 Å². The maximum Gasteiger partial charge on any atom is 0.410 e. The molecule has 8 amide bonds. The minimum atomic E-state index is -5.40. The summed E-state index contributed by atoms with van der Waals surface area (Å²) in [6.45, 7) is 6.16. The van der Waals surface area contributed by atoms with Crippen molar-refractivity contribution in [3.05, 3.63) is 146 Å². The van der Waals surface area contributed by atoms with Crippen molar-refractivity contribution in [2.75, 3.05) is 39.8 Å². The number of amides is 8. The van der Waals surface area contributed by atoms with Crippen LogP contribution in [0.15, 0.2) is 97.1 Å². The molecule has 2 fully saturated rings. The Morgan fingerprint density at radius 2 is 1.32 bits per heavy atom. The van der Waals surface area contributed by atoms with Crippen molar-refractivity contribution < 1.29 is 170 Å². The first kappa shape index (κ1) is 112. The number of phenols is 3. The Labute approximate surface area is 829 Å². The normalized spacial score (nSPS) is 24.4. The summed E-state index contributed by atoms with van der Waals surface area (Å²) in [5.41, 5.74) is 0.592. The molecule has 143 heavy (non-hydrogen) atoms. The summed E-state index contributed by atoms with van der Waals surface area (Å²) in [7, 11) is -9.35. The zero-order valence-corrected chi connectivity index (χ0v) is 81.7. The van der Waals surface area contributed by atoms with Gasteiger partial charge in [-0.15, -0.1) is 0 Å². The second kappa shape index (κ2) is 49.5. The van der Waals surface area contributed by atoms with Gasteiger partial charge in [0.25, 0.3) is 0 Å². The highest BCUT2D eigenvalue weighted by Gasteiger charge is 2.53. The molecule has 2 saturated heterocycles. The lowest BCUT2D eigenvalue weighted by atomic mass is 9.85. The Morgan fingerprint density at radius 3 is 1.93 bits per heavy atom. The standard InChI is InChI=1S/C93H119Cl2N11O35P2/c1-7-8-9-10-11-12-13-16-29-106(92(127)134-43-49-17-14-15-18-60(49)138-67(112)25-26-69(142(128,129)130)143(131,132)133)30-27-99-93(5)40-68(135-45(4)83(93)118)140-82-80(117)79(116)65(42-108)139-91(82)141-81-63-36-50-37-64(81)137-62-24-21-48(35-55(62)95)77(114)75-89(124)103-73(90(125)126)52-38-59(110)53(41-98-28-31-107)78(115)70(52)51-33-46(19-22-58(51)109)71(86(121)105-75)102-87(122)72(50)101-85(120)57(39-66(96)111)100-88(123)74(104-84(119)56(97-6)32-44(2)3)76(113)47-20-23-61(136-63)54(94)34-47/h14-15,17-24,31,33-38,44-45,56-57,65,68-69,71-77,79-80,82-83,91,97-99,108-110,113-118H,7-13,16,25-30,32,39-43H2,1-6H3,(H2,96,111)(H,100,123)(H,101,120)(H,102,122)(H,103,124)(H,104,119)(H,105,121)(H,125,126)(H2,128,129,130)(H2,131,132,133)/t45?,56?,57?,65?,68?,71?,72?,73-,74?,75?,76+,77-,79?,80?,82?,83?,91?,93?/m1/s1. The number of carboxylic acid groups (broad SMARTS) is 1. The van der Waals surface area contributed by atoms with Crippen molar-refractivity contribution in [1.82, 2.24) is 52.8 Å². The van der Waals surface area contributed by atoms with E-state index in [0.29, 0.717) is 19.1 Å². The van der Waals surface area contributed by atoms with Crippen molar-refractivity contribution in [1.29, 1.82) is 0 Å². The molecule has 0 spiro atoms. The predicted molar refractivity (Wildman–Crippen MR) is 504 cm³/mol. The fourth-order valence-corrected chi connectivity index (χ4v) is 20.2. The SMILES string of the molecule is CCCCCCCCCCN(CCNC1(C)CC(OC2C(Oc3c4cc5cc3Oc3ccc(cc3Cl)[C@H](O)C(NC(=O)C(CC(C)C)NC)C(=O)NC(CC(N)=O)C(=O)NC5C(=O)NC3C(=O)NC(C(=O)N[C@@H](C(=O)O)c5cc(O)c(CNCC=O)c(O)c5-c5cc3ccc5O)[C@H](O)c3ccc(c(Cl)c3)O4)OC(CO)C(O)C2O)OC(C)C1O)C(=O)OCc1ccccc1OC(=O)CCC(P(=O)(O)O)P(=O)(O)O. The molecule has 25 N–H and O–H groups in total. The lowest BCUT2D eigenvalue weighted by Crippen LogP contribution is -2.66. The number of primary amides is 1. The average Bonchev–Trinajstić information content (AvgIpc) is 0.753. The maximum absolute atomic E-state index is 16.5. The number of nitrogens with zero attached hydrogens (tertiary/aromatic N) is 1. The van der Waals surface area contributed by atoms with Crippen molar-refractivity contribution in [2.45, 2.75) is 246 Å². The Bertz CT molecular complexity index is 5720. The smallest absolute Gasteiger partial charge is 0.410 e. The van der Waals surface area contributed by atoms with Crippen LogP contribution in [0.3, 0.4) is 0 Å². The van der Waals surface area contributed by atoms with E-state index in [4.69, 9.17) is 66.8 Å². The molecule has 18 atom stereocenters. The largest absolute Gasteiger partial charge is 0.507 e. The Balaban J connectivity index is 1.02. The number of aromatic hydroxyl groups is 3. The molecule has 0 aromatic heterocycles. The number of hydrogen-bond acceptors (Lipinski definition) is 33. The number of aliphatic hydroxyl groups is 6. The van der Waals surface area contributed by atoms with Gasteiger partial charge >= 0.3 is 33.2 Å². The van der Waals surface area contributed by atoms with E-state index < -0.39 is 318 Å². The van der Waals surface area contributed by atoms with Crippen LogP contribution in [-0.4, -0.2) is 265 Å². The number of benzene rings is 6. The number of nitrogens with two attached hydrogens (primary N) is 1. The third-order valence-electron chi connectivity index (χ3n) is 24.9. The van der Waals surface area contributed by atoms with Gasteiger partial charge in [-0.05, 0) is 129 Å². The Kier molecular flexibility index (Phi) is 38.8. The summed E-state index contributed by atoms with van der Waals surface area (Å²) in [6, 6.07) is 3.11. The lowest BCUT2D eigenvalue weighted by Gasteiger charge is -2.48. The number of aliphatic hydroxyl groups excluding tert-OH is 6. The van der Waals surface area contributed by atoms with Crippen LogP contribution in [0.4, 0.5) is 4.79 Å². The van der Waals surface area contributed by atoms with Crippen LogP contribution >= 0.6 is 38.4 Å². The molecular formula is C93H119Cl2N11O35P2. The molecular weight excluding hydrogens is 1960 g/mol. The molecule has 15 unspecified atom stereocenters. The number of rotatable bonds is 38. The number of aliphatic carboxylic acids is 1. The molecule has 7 aliphatic heterocycles. The number of phenolic OH excluding ortho intramolecular Hbond substituents is 3. The molecule has 46 nitrogen and oxygen atoms in total. The number of esters is 1. The predicted octanol–water partition coefficient (Wildman–Crippen LogP) is 4.17. The van der Waals surface area contributed by atoms with E-state index in [-0.39, 0.29) is 67.4 Å². The molecule has 0 saturated carbocycles. The average molecular weight is 2080 g/mol. The van der Waals surface area contributed by atoms with Crippen LogP contribution in [-0.2, 0) is 89.2 Å². The van der Waals surface area contributed by atoms with Crippen molar-refractivity contribution in [2.24, 2.45) is 11.7 Å². The number of ether oxygens (including phenoxy) is 8. The van der Waals surface area contributed by atoms with Crippen LogP contribution in [0.25, 0.3) is 11.1 Å². The molecule has 6 aromatic carbocycles. The number of unbranched alkanes of at least 4 members (excludes halogenated alkanes) is 7. The molecule has 50 heteroatoms. The molecule has 6 aromatic rings. The van der Waals surface area contributed by atoms with Crippen LogP contribution < -0.4 is 72.5 Å². The summed E-state index contributed by atoms with van der Waals surface area (Å²) in [5, 5.41) is 139. The van der Waals surface area contributed by atoms with Gasteiger partial charge in [0, 0.05) is 66.8 Å². The number of nitrogens with one attached hydrogen (secondary N) is 9. The highest BCUT2D eigenvalue weighted by atomic mass is 35.5. The Morgan fingerprint density at radius 1 is 0.706 bits per heavy atom. The maximum atomic E-state index is 16.5. The lowest BCUT2D eigenvalue weighted by molar-refractivity contribution is -0.334. The first-order valence-corrected chi connectivity index (χ1v) is 50.2. The van der Waals surface area contributed by atoms with Gasteiger partial charge in [0.15, 0.2) is 35.3 Å². The van der Waals surface area contributed by atoms with Crippen molar-refractivity contribution in [3.63, 3.8) is 0 Å². The van der Waals surface area contributed by atoms with Crippen LogP contribution in [0.5, 0.6) is 51.7 Å². The number of fused-ring (bicyclic) bond motifs is 15. The minimum absolute atomic E-state index is 0.106. The number of para-hydroxylation sites is 1. The highest BCUT2D eigenvalue weighted by molar-refractivity contribution is 7.70. The summed E-state index contributed by atoms with van der Waals surface area (Å²) in [6.07, 6.45) is -15.5. The molecule has 7 heterocycles. The van der Waals surface area contributed by atoms with Gasteiger partial charge in [-0.1, -0.05) is 125 Å². The van der Waals surface area contributed by atoms with Crippen LogP contribution in [0.1, 0.15) is 187 Å². The number of carboxylic acids is 1. The molecule has 11 bridgehead atoms. The van der Waals surface area contributed by atoms with Gasteiger partial charge in [-0.25, -0.2) is 9.59 Å². The number of aldehydes is 1. The first-order chi connectivity index (χ1) is 67.7. The minimum Gasteiger partial charge on any atom is -0.507 e. The third kappa shape index (κ3) is 28.1. The number of halogens is 2. The number of carbonyl (C=O) groups excluding carboxylic acids is 10. The fourth-order valence-electron chi connectivity index (χ4n) is 17.3. The second-order valence-corrected chi connectivity index (χ2v) is 40.7. The fraction of sp³-hybridized carbons (Fsp3) is 0.495. The number of carbonyl (C=O) groups is 11.